The average Bonchev–Trinajstić information content (AvgIpc) is 2.65. The molecule has 14 heavy (non-hydrogen) atoms. The topological polar surface area (TPSA) is 36.4 Å². The highest BCUT2D eigenvalue weighted by molar-refractivity contribution is 7.13. The number of nitrogens with zero attached hydrogens (tertiary/aromatic N) is 2. The Bertz CT molecular complexity index is 300. The van der Waals surface area contributed by atoms with Crippen LogP contribution in [0.1, 0.15) is 26.2 Å². The van der Waals surface area contributed by atoms with E-state index < -0.39 is 0 Å². The lowest BCUT2D eigenvalue weighted by Crippen LogP contribution is -2.34. The number of aromatic hydroxyl groups is 1. The number of rotatable bonds is 2. The summed E-state index contributed by atoms with van der Waals surface area (Å²) in [5.41, 5.74) is 0. The molecule has 0 spiro atoms. The number of thiazole rings is 1. The smallest absolute Gasteiger partial charge is 0.223 e. The van der Waals surface area contributed by atoms with Crippen molar-refractivity contribution < 1.29 is 5.11 Å². The van der Waals surface area contributed by atoms with Gasteiger partial charge in [0.2, 0.25) is 5.88 Å². The van der Waals surface area contributed by atoms with Crippen LogP contribution in [0.3, 0.4) is 0 Å². The molecule has 1 fully saturated rings. The number of hydrogen-bond donors (Lipinski definition) is 1. The van der Waals surface area contributed by atoms with Crippen LogP contribution in [0, 0.1) is 5.92 Å². The lowest BCUT2D eigenvalue weighted by atomic mass is 9.96. The lowest BCUT2D eigenvalue weighted by molar-refractivity contribution is 0.402. The third kappa shape index (κ3) is 2.00. The van der Waals surface area contributed by atoms with Crippen LogP contribution in [0.15, 0.2) is 5.38 Å². The second-order valence-corrected chi connectivity index (χ2v) is 4.69. The van der Waals surface area contributed by atoms with Crippen molar-refractivity contribution in [1.82, 2.24) is 4.98 Å². The summed E-state index contributed by atoms with van der Waals surface area (Å²) in [6.07, 6.45) is 3.83. The van der Waals surface area contributed by atoms with Gasteiger partial charge in [0.05, 0.1) is 5.38 Å². The Kier molecular flexibility index (Phi) is 2.91. The molecule has 1 aliphatic heterocycles. The van der Waals surface area contributed by atoms with Crippen molar-refractivity contribution in [3.8, 4) is 5.88 Å². The monoisotopic (exact) mass is 212 g/mol. The second kappa shape index (κ2) is 4.17. The first kappa shape index (κ1) is 9.77. The predicted octanol–water partition coefficient (Wildman–Crippen LogP) is 2.48. The highest BCUT2D eigenvalue weighted by atomic mass is 32.1. The Morgan fingerprint density at radius 3 is 3.21 bits per heavy atom. The summed E-state index contributed by atoms with van der Waals surface area (Å²) in [7, 11) is 0. The Balaban J connectivity index is 2.04. The molecule has 0 radical (unpaired) electrons. The van der Waals surface area contributed by atoms with Crippen LogP contribution in [-0.2, 0) is 0 Å². The molecule has 4 heteroatoms. The van der Waals surface area contributed by atoms with E-state index in [0.29, 0.717) is 0 Å². The van der Waals surface area contributed by atoms with E-state index in [1.807, 2.05) is 0 Å². The van der Waals surface area contributed by atoms with Crippen molar-refractivity contribution in [1.29, 1.82) is 0 Å². The first-order valence-electron chi connectivity index (χ1n) is 5.19. The minimum atomic E-state index is 0.156. The first-order valence-corrected chi connectivity index (χ1v) is 6.07. The molecular formula is C10H16N2OS. The van der Waals surface area contributed by atoms with Gasteiger partial charge in [0, 0.05) is 13.1 Å². The summed E-state index contributed by atoms with van der Waals surface area (Å²) in [6.45, 7) is 4.43. The fourth-order valence-electron chi connectivity index (χ4n) is 1.97. The van der Waals surface area contributed by atoms with Crippen molar-refractivity contribution >= 4 is 16.5 Å². The molecule has 1 unspecified atom stereocenters. The number of anilines is 1. The van der Waals surface area contributed by atoms with Gasteiger partial charge in [-0.05, 0) is 18.8 Å². The fraction of sp³-hybridized carbons (Fsp3) is 0.700. The molecule has 2 heterocycles. The largest absolute Gasteiger partial charge is 0.493 e. The van der Waals surface area contributed by atoms with Crippen LogP contribution >= 0.6 is 11.3 Å². The van der Waals surface area contributed by atoms with Gasteiger partial charge >= 0.3 is 0 Å². The zero-order valence-corrected chi connectivity index (χ0v) is 9.26. The van der Waals surface area contributed by atoms with Gasteiger partial charge in [0.15, 0.2) is 5.13 Å². The quantitative estimate of drug-likeness (QED) is 0.818. The minimum Gasteiger partial charge on any atom is -0.493 e. The van der Waals surface area contributed by atoms with Gasteiger partial charge in [-0.1, -0.05) is 13.3 Å². The van der Waals surface area contributed by atoms with Crippen LogP contribution in [-0.4, -0.2) is 23.2 Å². The first-order chi connectivity index (χ1) is 6.79. The van der Waals surface area contributed by atoms with Gasteiger partial charge in [-0.15, -0.1) is 11.3 Å². The standard InChI is InChI=1S/C10H16N2OS/c1-2-8-4-3-5-12(6-8)10-11-9(13)7-14-10/h7-8,13H,2-6H2,1H3. The van der Waals surface area contributed by atoms with Crippen molar-refractivity contribution in [2.75, 3.05) is 18.0 Å². The Morgan fingerprint density at radius 1 is 1.71 bits per heavy atom. The number of aromatic nitrogens is 1. The molecule has 0 amide bonds. The average molecular weight is 212 g/mol. The van der Waals surface area contributed by atoms with Crippen molar-refractivity contribution in [2.24, 2.45) is 5.92 Å². The molecule has 0 aromatic carbocycles. The molecule has 0 bridgehead atoms. The number of piperidine rings is 1. The summed E-state index contributed by atoms with van der Waals surface area (Å²) < 4.78 is 0. The molecule has 0 aliphatic carbocycles. The maximum absolute atomic E-state index is 9.18. The third-order valence-electron chi connectivity index (χ3n) is 2.85. The summed E-state index contributed by atoms with van der Waals surface area (Å²) in [5.74, 6) is 0.957. The second-order valence-electron chi connectivity index (χ2n) is 3.85. The fourth-order valence-corrected chi connectivity index (χ4v) is 2.70. The van der Waals surface area contributed by atoms with Gasteiger partial charge < -0.3 is 10.0 Å². The van der Waals surface area contributed by atoms with Crippen molar-refractivity contribution in [3.63, 3.8) is 0 Å². The van der Waals surface area contributed by atoms with Gasteiger partial charge in [-0.3, -0.25) is 0 Å². The van der Waals surface area contributed by atoms with E-state index in [9.17, 15) is 5.11 Å². The minimum absolute atomic E-state index is 0.156. The van der Waals surface area contributed by atoms with Crippen LogP contribution in [0.2, 0.25) is 0 Å². The van der Waals surface area contributed by atoms with E-state index in [-0.39, 0.29) is 5.88 Å². The van der Waals surface area contributed by atoms with E-state index in [1.165, 1.54) is 30.6 Å². The predicted molar refractivity (Wildman–Crippen MR) is 59.0 cm³/mol. The Morgan fingerprint density at radius 2 is 2.57 bits per heavy atom. The van der Waals surface area contributed by atoms with Gasteiger partial charge in [0.1, 0.15) is 0 Å². The molecule has 1 aromatic heterocycles. The zero-order chi connectivity index (χ0) is 9.97. The summed E-state index contributed by atoms with van der Waals surface area (Å²) >= 11 is 1.53. The van der Waals surface area contributed by atoms with E-state index >= 15 is 0 Å². The van der Waals surface area contributed by atoms with Crippen molar-refractivity contribution in [3.05, 3.63) is 5.38 Å². The molecule has 3 nitrogen and oxygen atoms in total. The molecule has 1 aliphatic rings. The van der Waals surface area contributed by atoms with E-state index in [1.54, 1.807) is 5.38 Å². The lowest BCUT2D eigenvalue weighted by Gasteiger charge is -2.31. The summed E-state index contributed by atoms with van der Waals surface area (Å²) in [5, 5.41) is 11.9. The normalized spacial score (nSPS) is 22.6. The molecule has 1 N–H and O–H groups in total. The van der Waals surface area contributed by atoms with Crippen LogP contribution in [0.5, 0.6) is 5.88 Å². The Labute approximate surface area is 88.4 Å². The molecule has 2 rings (SSSR count). The number of hydrogen-bond acceptors (Lipinski definition) is 4. The van der Waals surface area contributed by atoms with E-state index in [4.69, 9.17) is 0 Å². The Hall–Kier alpha value is -0.770. The van der Waals surface area contributed by atoms with Crippen LogP contribution < -0.4 is 4.90 Å². The maximum atomic E-state index is 9.18. The molecule has 1 aromatic rings. The van der Waals surface area contributed by atoms with Gasteiger partial charge in [-0.25, -0.2) is 0 Å². The van der Waals surface area contributed by atoms with Gasteiger partial charge in [-0.2, -0.15) is 4.98 Å². The van der Waals surface area contributed by atoms with E-state index in [2.05, 4.69) is 16.8 Å². The van der Waals surface area contributed by atoms with Crippen LogP contribution in [0.25, 0.3) is 0 Å². The van der Waals surface area contributed by atoms with Gasteiger partial charge in [0.25, 0.3) is 0 Å². The van der Waals surface area contributed by atoms with Crippen LogP contribution in [0.4, 0.5) is 5.13 Å². The molecule has 78 valence electrons. The molecule has 1 saturated heterocycles. The maximum Gasteiger partial charge on any atom is 0.223 e. The van der Waals surface area contributed by atoms with Crippen molar-refractivity contribution in [2.45, 2.75) is 26.2 Å². The third-order valence-corrected chi connectivity index (χ3v) is 3.74. The SMILES string of the molecule is CCC1CCCN(c2nc(O)cs2)C1. The molecule has 0 saturated carbocycles. The highest BCUT2D eigenvalue weighted by Gasteiger charge is 2.20. The summed E-state index contributed by atoms with van der Waals surface area (Å²) in [6, 6.07) is 0. The zero-order valence-electron chi connectivity index (χ0n) is 8.44. The summed E-state index contributed by atoms with van der Waals surface area (Å²) in [4.78, 5) is 6.40. The molecular weight excluding hydrogens is 196 g/mol. The van der Waals surface area contributed by atoms with E-state index in [0.717, 1.165) is 24.1 Å². The molecule has 1 atom stereocenters. The highest BCUT2D eigenvalue weighted by Crippen LogP contribution is 2.29.